The molecule has 0 aliphatic rings. The monoisotopic (exact) mass is 712 g/mol. The number of phenolic OH excluding ortho intramolecular Hbond substituents is 2. The lowest BCUT2D eigenvalue weighted by molar-refractivity contribution is 0.262. The van der Waals surface area contributed by atoms with E-state index in [1.165, 1.54) is 48.5 Å². The first kappa shape index (κ1) is 33.6. The lowest BCUT2D eigenvalue weighted by Gasteiger charge is -2.11. The van der Waals surface area contributed by atoms with Crippen molar-refractivity contribution < 1.29 is 40.9 Å². The van der Waals surface area contributed by atoms with Gasteiger partial charge in [-0.1, -0.05) is 24.3 Å². The fourth-order valence-corrected chi connectivity index (χ4v) is 5.89. The highest BCUT2D eigenvalue weighted by Gasteiger charge is 2.13. The lowest BCUT2D eigenvalue weighted by atomic mass is 10.1. The fourth-order valence-electron chi connectivity index (χ4n) is 4.85. The molecule has 0 saturated carbocycles. The number of amides is 2. The predicted octanol–water partition coefficient (Wildman–Crippen LogP) is 8.37. The standard InChI is InChI=1S/C33H24N6O9S2/c40-31-27-11-9-21(15-19(27)7-13-29(31)38-36-23-3-1-5-25(17-23)49(43,44)45)34-33(42)35-22-10-12-28-20(16-22)8-14-30(32(28)41)39-37-24-4-2-6-26(18-24)50(46,47)48/h1-18,40-41H,(H2,34,35,42)(H,43,44,45)(H,46,47,48). The Labute approximate surface area is 283 Å². The van der Waals surface area contributed by atoms with E-state index in [0.29, 0.717) is 32.9 Å². The molecule has 2 amide bonds. The van der Waals surface area contributed by atoms with Crippen LogP contribution in [0.4, 0.5) is 38.9 Å². The number of carbonyl (C=O) groups is 1. The Morgan fingerprint density at radius 1 is 0.520 bits per heavy atom. The maximum absolute atomic E-state index is 12.8. The molecular formula is C33H24N6O9S2. The molecule has 6 aromatic rings. The average molecular weight is 713 g/mol. The number of fused-ring (bicyclic) bond motifs is 2. The third kappa shape index (κ3) is 7.55. The molecule has 0 heterocycles. The summed E-state index contributed by atoms with van der Waals surface area (Å²) in [5.74, 6) is -0.382. The van der Waals surface area contributed by atoms with Crippen LogP contribution in [-0.4, -0.2) is 42.2 Å². The highest BCUT2D eigenvalue weighted by Crippen LogP contribution is 2.38. The van der Waals surface area contributed by atoms with Gasteiger partial charge in [0.2, 0.25) is 0 Å². The molecule has 0 aliphatic carbocycles. The van der Waals surface area contributed by atoms with Crippen molar-refractivity contribution in [3.8, 4) is 11.5 Å². The molecule has 0 radical (unpaired) electrons. The smallest absolute Gasteiger partial charge is 0.323 e. The van der Waals surface area contributed by atoms with E-state index in [0.717, 1.165) is 12.1 Å². The maximum atomic E-state index is 12.8. The van der Waals surface area contributed by atoms with Crippen molar-refractivity contribution in [2.24, 2.45) is 20.5 Å². The second-order valence-corrected chi connectivity index (χ2v) is 13.5. The topological polar surface area (TPSA) is 240 Å². The Morgan fingerprint density at radius 2 is 0.940 bits per heavy atom. The van der Waals surface area contributed by atoms with E-state index in [2.05, 4.69) is 31.1 Å². The third-order valence-electron chi connectivity index (χ3n) is 7.23. The number of azo groups is 2. The molecule has 0 aromatic heterocycles. The van der Waals surface area contributed by atoms with Gasteiger partial charge in [-0.05, 0) is 95.7 Å². The number of anilines is 2. The molecule has 15 nitrogen and oxygen atoms in total. The number of phenols is 2. The molecule has 0 spiro atoms. The summed E-state index contributed by atoms with van der Waals surface area (Å²) in [6.45, 7) is 0. The van der Waals surface area contributed by atoms with Gasteiger partial charge in [0.15, 0.2) is 11.5 Å². The van der Waals surface area contributed by atoms with Crippen LogP contribution >= 0.6 is 0 Å². The van der Waals surface area contributed by atoms with Gasteiger partial charge in [-0.2, -0.15) is 27.1 Å². The van der Waals surface area contributed by atoms with Crippen LogP contribution in [0.25, 0.3) is 21.5 Å². The quantitative estimate of drug-likeness (QED) is 0.0655. The summed E-state index contributed by atoms with van der Waals surface area (Å²) in [6.07, 6.45) is 0. The van der Waals surface area contributed by atoms with Crippen molar-refractivity contribution in [2.75, 3.05) is 10.6 Å². The Hall–Kier alpha value is -6.27. The Balaban J connectivity index is 1.13. The van der Waals surface area contributed by atoms with Gasteiger partial charge in [0.05, 0.1) is 21.2 Å². The molecule has 0 fully saturated rings. The van der Waals surface area contributed by atoms with Crippen LogP contribution < -0.4 is 10.6 Å². The summed E-state index contributed by atoms with van der Waals surface area (Å²) >= 11 is 0. The zero-order chi connectivity index (χ0) is 35.6. The van der Waals surface area contributed by atoms with Crippen molar-refractivity contribution in [1.29, 1.82) is 0 Å². The average Bonchev–Trinajstić information content (AvgIpc) is 3.07. The van der Waals surface area contributed by atoms with Crippen LogP contribution in [-0.2, 0) is 20.2 Å². The molecular weight excluding hydrogens is 689 g/mol. The molecule has 0 saturated heterocycles. The molecule has 6 N–H and O–H groups in total. The van der Waals surface area contributed by atoms with E-state index < -0.39 is 26.3 Å². The fraction of sp³-hybridized carbons (Fsp3) is 0. The molecule has 50 heavy (non-hydrogen) atoms. The van der Waals surface area contributed by atoms with E-state index in [9.17, 15) is 40.9 Å². The van der Waals surface area contributed by atoms with Crippen molar-refractivity contribution in [3.63, 3.8) is 0 Å². The first-order chi connectivity index (χ1) is 23.7. The van der Waals surface area contributed by atoms with Gasteiger partial charge in [-0.15, -0.1) is 10.2 Å². The molecule has 252 valence electrons. The van der Waals surface area contributed by atoms with Gasteiger partial charge in [0, 0.05) is 22.1 Å². The minimum Gasteiger partial charge on any atom is -0.505 e. The van der Waals surface area contributed by atoms with Gasteiger partial charge >= 0.3 is 6.03 Å². The highest BCUT2D eigenvalue weighted by atomic mass is 32.2. The maximum Gasteiger partial charge on any atom is 0.323 e. The van der Waals surface area contributed by atoms with E-state index in [-0.39, 0.29) is 44.0 Å². The van der Waals surface area contributed by atoms with Crippen molar-refractivity contribution in [2.45, 2.75) is 9.79 Å². The van der Waals surface area contributed by atoms with Crippen LogP contribution in [0.3, 0.4) is 0 Å². The number of nitrogens with zero attached hydrogens (tertiary/aromatic N) is 4. The number of urea groups is 1. The first-order valence-electron chi connectivity index (χ1n) is 14.3. The number of hydrogen-bond donors (Lipinski definition) is 6. The van der Waals surface area contributed by atoms with E-state index in [1.54, 1.807) is 48.5 Å². The number of hydrogen-bond acceptors (Lipinski definition) is 11. The summed E-state index contributed by atoms with van der Waals surface area (Å²) in [5.41, 5.74) is 1.34. The number of rotatable bonds is 8. The summed E-state index contributed by atoms with van der Waals surface area (Å²) in [5, 5.41) is 44.9. The zero-order valence-corrected chi connectivity index (χ0v) is 27.0. The number of nitrogens with one attached hydrogen (secondary N) is 2. The molecule has 17 heteroatoms. The number of carbonyl (C=O) groups excluding carboxylic acids is 1. The summed E-state index contributed by atoms with van der Waals surface area (Å²) in [7, 11) is -8.84. The normalized spacial score (nSPS) is 12.2. The van der Waals surface area contributed by atoms with Crippen LogP contribution in [0.5, 0.6) is 11.5 Å². The molecule has 0 atom stereocenters. The first-order valence-corrected chi connectivity index (χ1v) is 17.2. The van der Waals surface area contributed by atoms with Crippen LogP contribution in [0.1, 0.15) is 0 Å². The van der Waals surface area contributed by atoms with Crippen molar-refractivity contribution in [1.82, 2.24) is 0 Å². The number of aromatic hydroxyl groups is 2. The SMILES string of the molecule is O=C(Nc1ccc2c(O)c(N=Nc3cccc(S(=O)(=O)O)c3)ccc2c1)Nc1ccc2c(O)c(N=Nc3cccc(S(=O)(=O)O)c3)ccc2c1. The largest absolute Gasteiger partial charge is 0.505 e. The van der Waals surface area contributed by atoms with Gasteiger partial charge in [0.25, 0.3) is 20.2 Å². The zero-order valence-electron chi connectivity index (χ0n) is 25.3. The Kier molecular flexibility index (Phi) is 8.96. The third-order valence-corrected chi connectivity index (χ3v) is 8.93. The minimum absolute atomic E-state index is 0.108. The number of benzene rings is 6. The highest BCUT2D eigenvalue weighted by molar-refractivity contribution is 7.86. The van der Waals surface area contributed by atoms with Gasteiger partial charge in [-0.3, -0.25) is 9.11 Å². The molecule has 0 aliphatic heterocycles. The van der Waals surface area contributed by atoms with Crippen molar-refractivity contribution in [3.05, 3.63) is 109 Å². The molecule has 0 bridgehead atoms. The summed E-state index contributed by atoms with van der Waals surface area (Å²) in [4.78, 5) is 12.1. The van der Waals surface area contributed by atoms with Crippen LogP contribution in [0.2, 0.25) is 0 Å². The molecule has 6 aromatic carbocycles. The van der Waals surface area contributed by atoms with Gasteiger partial charge < -0.3 is 20.8 Å². The lowest BCUT2D eigenvalue weighted by Crippen LogP contribution is -2.19. The van der Waals surface area contributed by atoms with Gasteiger partial charge in [0.1, 0.15) is 11.4 Å². The van der Waals surface area contributed by atoms with Crippen molar-refractivity contribution >= 4 is 81.9 Å². The molecule has 6 rings (SSSR count). The summed E-state index contributed by atoms with van der Waals surface area (Å²) in [6, 6.07) is 25.7. The predicted molar refractivity (Wildman–Crippen MR) is 185 cm³/mol. The van der Waals surface area contributed by atoms with Gasteiger partial charge in [-0.25, -0.2) is 4.79 Å². The van der Waals surface area contributed by atoms with E-state index in [1.807, 2.05) is 0 Å². The Morgan fingerprint density at radius 3 is 1.34 bits per heavy atom. The molecule has 0 unspecified atom stereocenters. The Bertz CT molecular complexity index is 2430. The second-order valence-electron chi connectivity index (χ2n) is 10.7. The van der Waals surface area contributed by atoms with E-state index >= 15 is 0 Å². The van der Waals surface area contributed by atoms with E-state index in [4.69, 9.17) is 0 Å². The van der Waals surface area contributed by atoms with Crippen LogP contribution in [0, 0.1) is 0 Å². The minimum atomic E-state index is -4.42. The summed E-state index contributed by atoms with van der Waals surface area (Å²) < 4.78 is 64.0. The second kappa shape index (κ2) is 13.3. The van der Waals surface area contributed by atoms with Crippen LogP contribution in [0.15, 0.2) is 139 Å².